The number of rotatable bonds is 4. The predicted octanol–water partition coefficient (Wildman–Crippen LogP) is 5.82. The molecule has 0 atom stereocenters. The van der Waals surface area contributed by atoms with E-state index in [1.165, 1.54) is 24.3 Å². The first-order valence-electron chi connectivity index (χ1n) is 8.10. The predicted molar refractivity (Wildman–Crippen MR) is 100 cm³/mol. The molecule has 0 aromatic heterocycles. The number of benzene rings is 2. The summed E-state index contributed by atoms with van der Waals surface area (Å²) in [7, 11) is -1.89. The Bertz CT molecular complexity index is 722. The fraction of sp³-hybridized carbons (Fsp3) is 0.316. The monoisotopic (exact) mass is 361 g/mol. The summed E-state index contributed by atoms with van der Waals surface area (Å²) >= 11 is 0. The summed E-state index contributed by atoms with van der Waals surface area (Å²) in [4.78, 5) is 11.9. The lowest BCUT2D eigenvalue weighted by Gasteiger charge is -2.36. The second kappa shape index (κ2) is 7.27. The molecule has 1 N–H and O–H groups in total. The lowest BCUT2D eigenvalue weighted by atomic mass is 10.2. The second-order valence-electron chi connectivity index (χ2n) is 7.36. The Morgan fingerprint density at radius 3 is 2.00 bits per heavy atom. The van der Waals surface area contributed by atoms with Gasteiger partial charge in [0.05, 0.1) is 0 Å². The Balaban J connectivity index is 1.96. The molecule has 0 bridgehead atoms. The van der Waals surface area contributed by atoms with Gasteiger partial charge in [-0.1, -0.05) is 20.8 Å². The zero-order valence-electron chi connectivity index (χ0n) is 15.2. The Kier molecular flexibility index (Phi) is 5.52. The van der Waals surface area contributed by atoms with Crippen molar-refractivity contribution in [1.82, 2.24) is 0 Å². The minimum atomic E-state index is -1.89. The third-order valence-corrected chi connectivity index (χ3v) is 8.66. The van der Waals surface area contributed by atoms with E-state index in [0.717, 1.165) is 5.75 Å². The summed E-state index contributed by atoms with van der Waals surface area (Å²) < 4.78 is 24.1. The van der Waals surface area contributed by atoms with Crippen LogP contribution in [-0.2, 0) is 0 Å². The third kappa shape index (κ3) is 5.32. The summed E-state index contributed by atoms with van der Waals surface area (Å²) in [6.07, 6.45) is -0.635. The molecule has 0 aliphatic carbocycles. The average Bonchev–Trinajstić information content (AvgIpc) is 2.50. The number of ether oxygens (including phenoxy) is 1. The van der Waals surface area contributed by atoms with Gasteiger partial charge in [0.25, 0.3) is 0 Å². The highest BCUT2D eigenvalue weighted by Crippen LogP contribution is 2.37. The van der Waals surface area contributed by atoms with E-state index in [0.29, 0.717) is 5.69 Å². The van der Waals surface area contributed by atoms with Gasteiger partial charge in [-0.3, -0.25) is 5.32 Å². The van der Waals surface area contributed by atoms with Gasteiger partial charge in [0.1, 0.15) is 17.3 Å². The molecule has 25 heavy (non-hydrogen) atoms. The first kappa shape index (κ1) is 19.0. The van der Waals surface area contributed by atoms with E-state index in [2.05, 4.69) is 39.2 Å². The van der Waals surface area contributed by atoms with Crippen LogP contribution in [0.5, 0.6) is 11.5 Å². The molecule has 0 fully saturated rings. The van der Waals surface area contributed by atoms with Gasteiger partial charge in [-0.15, -0.1) is 0 Å². The minimum absolute atomic E-state index is 0.114. The molecule has 2 aromatic carbocycles. The molecule has 0 unspecified atom stereocenters. The molecule has 0 saturated carbocycles. The van der Waals surface area contributed by atoms with Crippen molar-refractivity contribution in [3.8, 4) is 11.5 Å². The van der Waals surface area contributed by atoms with Gasteiger partial charge < -0.3 is 9.16 Å². The van der Waals surface area contributed by atoms with E-state index in [1.54, 1.807) is 12.1 Å². The molecule has 6 heteroatoms. The molecule has 1 amide bonds. The quantitative estimate of drug-likeness (QED) is 0.698. The van der Waals surface area contributed by atoms with Crippen molar-refractivity contribution in [2.24, 2.45) is 0 Å². The zero-order chi connectivity index (χ0) is 18.7. The maximum Gasteiger partial charge on any atom is 0.417 e. The number of halogens is 1. The van der Waals surface area contributed by atoms with Crippen LogP contribution < -0.4 is 14.5 Å². The average molecular weight is 361 g/mol. The van der Waals surface area contributed by atoms with Crippen molar-refractivity contribution in [3.05, 3.63) is 54.3 Å². The van der Waals surface area contributed by atoms with Crippen molar-refractivity contribution in [1.29, 1.82) is 0 Å². The highest BCUT2D eigenvalue weighted by molar-refractivity contribution is 6.74. The molecule has 2 aromatic rings. The van der Waals surface area contributed by atoms with Crippen LogP contribution in [0.25, 0.3) is 0 Å². The van der Waals surface area contributed by atoms with Crippen LogP contribution in [0, 0.1) is 5.82 Å². The van der Waals surface area contributed by atoms with Crippen LogP contribution in [0.1, 0.15) is 20.8 Å². The molecule has 0 radical (unpaired) electrons. The van der Waals surface area contributed by atoms with Gasteiger partial charge in [0.2, 0.25) is 8.32 Å². The maximum atomic E-state index is 12.8. The van der Waals surface area contributed by atoms with Gasteiger partial charge in [0.15, 0.2) is 0 Å². The normalized spacial score (nSPS) is 11.8. The van der Waals surface area contributed by atoms with E-state index < -0.39 is 14.4 Å². The molecule has 2 rings (SSSR count). The van der Waals surface area contributed by atoms with Crippen molar-refractivity contribution < 1.29 is 18.3 Å². The highest BCUT2D eigenvalue weighted by atomic mass is 28.4. The Hall–Kier alpha value is -2.34. The molecule has 0 spiro atoms. The third-order valence-electron chi connectivity index (χ3n) is 4.30. The van der Waals surface area contributed by atoms with Crippen molar-refractivity contribution in [2.75, 3.05) is 5.32 Å². The Morgan fingerprint density at radius 2 is 1.48 bits per heavy atom. The van der Waals surface area contributed by atoms with Gasteiger partial charge in [-0.25, -0.2) is 9.18 Å². The molecule has 0 heterocycles. The van der Waals surface area contributed by atoms with E-state index in [9.17, 15) is 9.18 Å². The number of hydrogen-bond acceptors (Lipinski definition) is 3. The minimum Gasteiger partial charge on any atom is -0.544 e. The number of nitrogens with one attached hydrogen (secondary N) is 1. The summed E-state index contributed by atoms with van der Waals surface area (Å²) in [5, 5.41) is 2.74. The zero-order valence-corrected chi connectivity index (χ0v) is 16.2. The van der Waals surface area contributed by atoms with Crippen molar-refractivity contribution in [2.45, 2.75) is 38.9 Å². The number of hydrogen-bond donors (Lipinski definition) is 1. The number of carbonyl (C=O) groups excluding carboxylic acids is 1. The highest BCUT2D eigenvalue weighted by Gasteiger charge is 2.38. The Labute approximate surface area is 149 Å². The van der Waals surface area contributed by atoms with Gasteiger partial charge >= 0.3 is 6.09 Å². The molecular weight excluding hydrogens is 337 g/mol. The smallest absolute Gasteiger partial charge is 0.417 e. The van der Waals surface area contributed by atoms with Crippen molar-refractivity contribution in [3.63, 3.8) is 0 Å². The fourth-order valence-electron chi connectivity index (χ4n) is 1.81. The molecule has 0 aliphatic heterocycles. The van der Waals surface area contributed by atoms with Crippen LogP contribution in [0.2, 0.25) is 18.1 Å². The summed E-state index contributed by atoms with van der Waals surface area (Å²) in [5.41, 5.74) is 0.592. The molecule has 0 saturated heterocycles. The van der Waals surface area contributed by atoms with Crippen LogP contribution in [0.3, 0.4) is 0 Å². The maximum absolute atomic E-state index is 12.8. The standard InChI is InChI=1S/C19H24FNO3Si/c1-19(2,3)25(4,5)24-17-12-8-15(9-13-17)21-18(22)23-16-10-6-14(20)7-11-16/h6-13H,1-5H3,(H,21,22). The van der Waals surface area contributed by atoms with E-state index in [4.69, 9.17) is 9.16 Å². The van der Waals surface area contributed by atoms with E-state index in [1.807, 2.05) is 12.1 Å². The van der Waals surface area contributed by atoms with Crippen LogP contribution in [0.4, 0.5) is 14.9 Å². The first-order valence-corrected chi connectivity index (χ1v) is 11.0. The lowest BCUT2D eigenvalue weighted by Crippen LogP contribution is -2.43. The van der Waals surface area contributed by atoms with E-state index in [-0.39, 0.29) is 16.6 Å². The molecule has 0 aliphatic rings. The van der Waals surface area contributed by atoms with Crippen LogP contribution in [0.15, 0.2) is 48.5 Å². The number of carbonyl (C=O) groups is 1. The van der Waals surface area contributed by atoms with Crippen molar-refractivity contribution >= 4 is 20.1 Å². The van der Waals surface area contributed by atoms with Gasteiger partial charge in [0, 0.05) is 5.69 Å². The fourth-order valence-corrected chi connectivity index (χ4v) is 2.84. The van der Waals surface area contributed by atoms with Crippen LogP contribution >= 0.6 is 0 Å². The molecule has 4 nitrogen and oxygen atoms in total. The lowest BCUT2D eigenvalue weighted by molar-refractivity contribution is 0.215. The first-order chi connectivity index (χ1) is 11.6. The summed E-state index contributed by atoms with van der Waals surface area (Å²) in [6, 6.07) is 12.4. The summed E-state index contributed by atoms with van der Waals surface area (Å²) in [5.74, 6) is 0.672. The molecule has 134 valence electrons. The SMILES string of the molecule is CC(C)(C)[Si](C)(C)Oc1ccc(NC(=O)Oc2ccc(F)cc2)cc1. The molecular formula is C19H24FNO3Si. The topological polar surface area (TPSA) is 47.6 Å². The second-order valence-corrected chi connectivity index (χ2v) is 12.1. The summed E-state index contributed by atoms with van der Waals surface area (Å²) in [6.45, 7) is 10.9. The van der Waals surface area contributed by atoms with Gasteiger partial charge in [-0.2, -0.15) is 0 Å². The largest absolute Gasteiger partial charge is 0.544 e. The number of anilines is 1. The van der Waals surface area contributed by atoms with Gasteiger partial charge in [-0.05, 0) is 66.7 Å². The van der Waals surface area contributed by atoms with E-state index >= 15 is 0 Å². The number of amides is 1. The Morgan fingerprint density at radius 1 is 0.960 bits per heavy atom. The van der Waals surface area contributed by atoms with Crippen LogP contribution in [-0.4, -0.2) is 14.4 Å².